The summed E-state index contributed by atoms with van der Waals surface area (Å²) >= 11 is 0. The first-order chi connectivity index (χ1) is 12.0. The van der Waals surface area contributed by atoms with Crippen molar-refractivity contribution < 1.29 is 18.7 Å². The van der Waals surface area contributed by atoms with E-state index in [-0.39, 0.29) is 12.0 Å². The van der Waals surface area contributed by atoms with Crippen LogP contribution in [0.15, 0.2) is 40.8 Å². The zero-order valence-electron chi connectivity index (χ0n) is 14.8. The lowest BCUT2D eigenvalue weighted by Crippen LogP contribution is -2.49. The maximum Gasteiger partial charge on any atom is 0.267 e. The molecule has 132 valence electrons. The van der Waals surface area contributed by atoms with Gasteiger partial charge >= 0.3 is 0 Å². The normalized spacial score (nSPS) is 27.0. The number of amides is 1. The minimum atomic E-state index is -0.655. The van der Waals surface area contributed by atoms with Crippen molar-refractivity contribution >= 4 is 5.91 Å². The van der Waals surface area contributed by atoms with Gasteiger partial charge in [-0.25, -0.2) is 0 Å². The van der Waals surface area contributed by atoms with E-state index in [2.05, 4.69) is 6.92 Å². The topological polar surface area (TPSA) is 51.9 Å². The van der Waals surface area contributed by atoms with Crippen LogP contribution in [0.3, 0.4) is 0 Å². The molecule has 1 aliphatic heterocycles. The van der Waals surface area contributed by atoms with Crippen LogP contribution < -0.4 is 9.47 Å². The SMILES string of the molecule is C[C@@H]1C[C@@H]1c1ccc(CN(C)C(=O)[C@H]2Oc3ccccc3O[C@H]2C)o1. The van der Waals surface area contributed by atoms with Crippen molar-refractivity contribution in [3.05, 3.63) is 47.9 Å². The lowest BCUT2D eigenvalue weighted by atomic mass is 10.1. The van der Waals surface area contributed by atoms with Crippen LogP contribution in [0.4, 0.5) is 0 Å². The van der Waals surface area contributed by atoms with Crippen molar-refractivity contribution in [2.75, 3.05) is 7.05 Å². The molecule has 0 N–H and O–H groups in total. The van der Waals surface area contributed by atoms with Crippen LogP contribution in [0.5, 0.6) is 11.5 Å². The first kappa shape index (κ1) is 16.1. The molecule has 0 saturated heterocycles. The van der Waals surface area contributed by atoms with E-state index in [0.29, 0.717) is 29.9 Å². The molecule has 1 aliphatic carbocycles. The molecule has 1 saturated carbocycles. The van der Waals surface area contributed by atoms with Crippen molar-refractivity contribution in [3.63, 3.8) is 0 Å². The third-order valence-electron chi connectivity index (χ3n) is 5.01. The molecule has 2 heterocycles. The van der Waals surface area contributed by atoms with Gasteiger partial charge in [0.25, 0.3) is 5.91 Å². The predicted octanol–water partition coefficient (Wildman–Crippen LogP) is 3.59. The fourth-order valence-corrected chi connectivity index (χ4v) is 3.32. The van der Waals surface area contributed by atoms with E-state index < -0.39 is 6.10 Å². The molecule has 5 nitrogen and oxygen atoms in total. The highest BCUT2D eigenvalue weighted by Crippen LogP contribution is 2.47. The van der Waals surface area contributed by atoms with Crippen molar-refractivity contribution in [1.29, 1.82) is 0 Å². The van der Waals surface area contributed by atoms with Crippen molar-refractivity contribution in [2.24, 2.45) is 5.92 Å². The van der Waals surface area contributed by atoms with Gasteiger partial charge in [-0.05, 0) is 43.5 Å². The Morgan fingerprint density at radius 1 is 1.12 bits per heavy atom. The number of likely N-dealkylation sites (N-methyl/N-ethyl adjacent to an activating group) is 1. The van der Waals surface area contributed by atoms with Crippen molar-refractivity contribution in [1.82, 2.24) is 4.90 Å². The van der Waals surface area contributed by atoms with Gasteiger partial charge in [0, 0.05) is 13.0 Å². The van der Waals surface area contributed by atoms with Crippen LogP contribution in [0.1, 0.15) is 37.7 Å². The van der Waals surface area contributed by atoms with E-state index in [1.54, 1.807) is 11.9 Å². The summed E-state index contributed by atoms with van der Waals surface area (Å²) in [4.78, 5) is 14.4. The summed E-state index contributed by atoms with van der Waals surface area (Å²) in [5.74, 6) is 4.25. The summed E-state index contributed by atoms with van der Waals surface area (Å²) in [6, 6.07) is 11.4. The second-order valence-corrected chi connectivity index (χ2v) is 7.13. The predicted molar refractivity (Wildman–Crippen MR) is 92.7 cm³/mol. The van der Waals surface area contributed by atoms with Gasteiger partial charge in [0.15, 0.2) is 11.5 Å². The highest BCUT2D eigenvalue weighted by atomic mass is 16.6. The first-order valence-corrected chi connectivity index (χ1v) is 8.79. The highest BCUT2D eigenvalue weighted by Gasteiger charge is 2.38. The number of benzene rings is 1. The molecular formula is C20H23NO4. The largest absolute Gasteiger partial charge is 0.482 e. The Kier molecular flexibility index (Phi) is 3.94. The molecule has 1 fully saturated rings. The number of furan rings is 1. The smallest absolute Gasteiger partial charge is 0.267 e. The Balaban J connectivity index is 1.42. The molecular weight excluding hydrogens is 318 g/mol. The van der Waals surface area contributed by atoms with E-state index in [1.165, 1.54) is 6.42 Å². The van der Waals surface area contributed by atoms with Gasteiger partial charge in [0.2, 0.25) is 6.10 Å². The molecule has 4 atom stereocenters. The molecule has 5 heteroatoms. The van der Waals surface area contributed by atoms with Gasteiger partial charge in [-0.1, -0.05) is 19.1 Å². The number of carbonyl (C=O) groups is 1. The molecule has 1 aromatic carbocycles. The number of nitrogens with zero attached hydrogens (tertiary/aromatic N) is 1. The summed E-state index contributed by atoms with van der Waals surface area (Å²) < 4.78 is 17.6. The summed E-state index contributed by atoms with van der Waals surface area (Å²) in [5, 5.41) is 0. The van der Waals surface area contributed by atoms with E-state index in [0.717, 1.165) is 11.5 Å². The van der Waals surface area contributed by atoms with Gasteiger partial charge in [-0.15, -0.1) is 0 Å². The number of hydrogen-bond acceptors (Lipinski definition) is 4. The Labute approximate surface area is 147 Å². The summed E-state index contributed by atoms with van der Waals surface area (Å²) in [6.07, 6.45) is 0.188. The number of hydrogen-bond donors (Lipinski definition) is 0. The quantitative estimate of drug-likeness (QED) is 0.853. The third kappa shape index (κ3) is 3.11. The molecule has 25 heavy (non-hydrogen) atoms. The van der Waals surface area contributed by atoms with Gasteiger partial charge in [-0.2, -0.15) is 0 Å². The van der Waals surface area contributed by atoms with Crippen LogP contribution in [0.25, 0.3) is 0 Å². The van der Waals surface area contributed by atoms with Gasteiger partial charge < -0.3 is 18.8 Å². The zero-order chi connectivity index (χ0) is 17.6. The Morgan fingerprint density at radius 2 is 1.80 bits per heavy atom. The highest BCUT2D eigenvalue weighted by molar-refractivity contribution is 5.82. The molecule has 2 aliphatic rings. The molecule has 1 aromatic heterocycles. The van der Waals surface area contributed by atoms with Crippen LogP contribution in [-0.4, -0.2) is 30.1 Å². The van der Waals surface area contributed by atoms with Crippen LogP contribution >= 0.6 is 0 Å². The van der Waals surface area contributed by atoms with Crippen LogP contribution in [0, 0.1) is 5.92 Å². The minimum Gasteiger partial charge on any atom is -0.482 e. The number of carbonyl (C=O) groups excluding carboxylic acids is 1. The third-order valence-corrected chi connectivity index (χ3v) is 5.01. The summed E-state index contributed by atoms with van der Waals surface area (Å²) in [7, 11) is 1.76. The van der Waals surface area contributed by atoms with Gasteiger partial charge in [-0.3, -0.25) is 4.79 Å². The zero-order valence-corrected chi connectivity index (χ0v) is 14.8. The fraction of sp³-hybridized carbons (Fsp3) is 0.450. The summed E-state index contributed by atoms with van der Waals surface area (Å²) in [5.41, 5.74) is 0. The van der Waals surface area contributed by atoms with Gasteiger partial charge in [0.1, 0.15) is 17.6 Å². The minimum absolute atomic E-state index is 0.111. The number of ether oxygens (including phenoxy) is 2. The van der Waals surface area contributed by atoms with Crippen molar-refractivity contribution in [2.45, 2.75) is 44.9 Å². The maximum atomic E-state index is 12.8. The van der Waals surface area contributed by atoms with E-state index in [9.17, 15) is 4.79 Å². The number of fused-ring (bicyclic) bond motifs is 1. The van der Waals surface area contributed by atoms with Gasteiger partial charge in [0.05, 0.1) is 6.54 Å². The van der Waals surface area contributed by atoms with E-state index in [4.69, 9.17) is 13.9 Å². The maximum absolute atomic E-state index is 12.8. The monoisotopic (exact) mass is 341 g/mol. The summed E-state index contributed by atoms with van der Waals surface area (Å²) in [6.45, 7) is 4.50. The number of rotatable bonds is 4. The molecule has 0 spiro atoms. The second kappa shape index (κ2) is 6.14. The molecule has 1 amide bonds. The molecule has 4 rings (SSSR count). The second-order valence-electron chi connectivity index (χ2n) is 7.13. The first-order valence-electron chi connectivity index (χ1n) is 8.79. The fourth-order valence-electron chi connectivity index (χ4n) is 3.32. The molecule has 0 unspecified atom stereocenters. The molecule has 2 aromatic rings. The Bertz CT molecular complexity index is 784. The number of para-hydroxylation sites is 2. The average Bonchev–Trinajstić information content (AvgIpc) is 3.15. The molecule has 0 bridgehead atoms. The Morgan fingerprint density at radius 3 is 2.48 bits per heavy atom. The van der Waals surface area contributed by atoms with E-state index >= 15 is 0 Å². The van der Waals surface area contributed by atoms with Crippen LogP contribution in [0.2, 0.25) is 0 Å². The van der Waals surface area contributed by atoms with E-state index in [1.807, 2.05) is 43.3 Å². The molecule has 0 radical (unpaired) electrons. The Hall–Kier alpha value is -2.43. The average molecular weight is 341 g/mol. The lowest BCUT2D eigenvalue weighted by Gasteiger charge is -2.33. The van der Waals surface area contributed by atoms with Crippen molar-refractivity contribution in [3.8, 4) is 11.5 Å². The van der Waals surface area contributed by atoms with Crippen LogP contribution in [-0.2, 0) is 11.3 Å². The standard InChI is InChI=1S/C20H23NO4/c1-12-10-15(12)16-9-8-14(24-16)11-21(3)20(22)19-13(2)23-17-6-4-5-7-18(17)25-19/h4-9,12-13,15,19H,10-11H2,1-3H3/t12-,13+,15+,19+/m1/s1. The lowest BCUT2D eigenvalue weighted by molar-refractivity contribution is -0.143.